The number of halogens is 1. The second kappa shape index (κ2) is 10.0. The normalized spacial score (nSPS) is 11.1. The number of aromatic nitrogens is 5. The topological polar surface area (TPSA) is 76.2 Å². The standard InChI is InChI=1S/C18H24N8.HI/c1-19-18(24(2)13-17-22-14-23-25(17)3)21-11-16-20-9-10-26(16)12-15-7-5-4-6-8-15;/h4-10,14H,11-13H2,1-3H3,(H,19,21);1H. The van der Waals surface area contributed by atoms with Gasteiger partial charge in [0, 0.05) is 40.1 Å². The molecule has 0 unspecified atom stereocenters. The van der Waals surface area contributed by atoms with E-state index in [4.69, 9.17) is 0 Å². The Morgan fingerprint density at radius 3 is 2.63 bits per heavy atom. The highest BCUT2D eigenvalue weighted by Gasteiger charge is 2.11. The minimum atomic E-state index is 0. The molecule has 0 aliphatic heterocycles. The summed E-state index contributed by atoms with van der Waals surface area (Å²) in [5.41, 5.74) is 1.25. The van der Waals surface area contributed by atoms with E-state index >= 15 is 0 Å². The van der Waals surface area contributed by atoms with Gasteiger partial charge < -0.3 is 14.8 Å². The lowest BCUT2D eigenvalue weighted by Gasteiger charge is -2.21. The molecule has 8 nitrogen and oxygen atoms in total. The Hall–Kier alpha value is -2.43. The summed E-state index contributed by atoms with van der Waals surface area (Å²) in [5, 5.41) is 7.46. The van der Waals surface area contributed by atoms with E-state index in [-0.39, 0.29) is 24.0 Å². The van der Waals surface area contributed by atoms with Crippen molar-refractivity contribution in [3.8, 4) is 0 Å². The summed E-state index contributed by atoms with van der Waals surface area (Å²) in [6, 6.07) is 10.4. The zero-order chi connectivity index (χ0) is 18.4. The second-order valence-electron chi connectivity index (χ2n) is 6.01. The van der Waals surface area contributed by atoms with Crippen LogP contribution in [0.1, 0.15) is 17.2 Å². The van der Waals surface area contributed by atoms with Gasteiger partial charge in [0.1, 0.15) is 18.0 Å². The van der Waals surface area contributed by atoms with Gasteiger partial charge in [-0.15, -0.1) is 24.0 Å². The fourth-order valence-corrected chi connectivity index (χ4v) is 2.72. The third-order valence-electron chi connectivity index (χ3n) is 4.16. The maximum absolute atomic E-state index is 4.47. The van der Waals surface area contributed by atoms with Gasteiger partial charge in [-0.25, -0.2) is 9.97 Å². The molecule has 2 aromatic heterocycles. The Balaban J connectivity index is 0.00000261. The summed E-state index contributed by atoms with van der Waals surface area (Å²) in [5.74, 6) is 2.62. The van der Waals surface area contributed by atoms with Gasteiger partial charge in [0.15, 0.2) is 5.96 Å². The monoisotopic (exact) mass is 480 g/mol. The SMILES string of the molecule is CN=C(NCc1nccn1Cc1ccccc1)N(C)Cc1ncnn1C.I. The van der Waals surface area contributed by atoms with Gasteiger partial charge in [0.2, 0.25) is 0 Å². The number of rotatable bonds is 6. The molecule has 0 aliphatic carbocycles. The molecule has 1 N–H and O–H groups in total. The number of aryl methyl sites for hydroxylation is 1. The van der Waals surface area contributed by atoms with Gasteiger partial charge in [-0.05, 0) is 5.56 Å². The van der Waals surface area contributed by atoms with E-state index in [9.17, 15) is 0 Å². The third kappa shape index (κ3) is 5.52. The van der Waals surface area contributed by atoms with Crippen LogP contribution in [0.25, 0.3) is 0 Å². The van der Waals surface area contributed by atoms with Crippen LogP contribution in [-0.4, -0.2) is 49.3 Å². The highest BCUT2D eigenvalue weighted by Crippen LogP contribution is 2.06. The van der Waals surface area contributed by atoms with Crippen molar-refractivity contribution in [2.45, 2.75) is 19.6 Å². The fourth-order valence-electron chi connectivity index (χ4n) is 2.72. The largest absolute Gasteiger partial charge is 0.349 e. The van der Waals surface area contributed by atoms with E-state index in [0.717, 1.165) is 24.2 Å². The van der Waals surface area contributed by atoms with Gasteiger partial charge in [-0.3, -0.25) is 9.67 Å². The van der Waals surface area contributed by atoms with Crippen molar-refractivity contribution in [2.75, 3.05) is 14.1 Å². The molecule has 0 saturated heterocycles. The van der Waals surface area contributed by atoms with Gasteiger partial charge in [0.05, 0.1) is 13.1 Å². The summed E-state index contributed by atoms with van der Waals surface area (Å²) in [6.07, 6.45) is 5.38. The second-order valence-corrected chi connectivity index (χ2v) is 6.01. The lowest BCUT2D eigenvalue weighted by molar-refractivity contribution is 0.446. The predicted octanol–water partition coefficient (Wildman–Crippen LogP) is 1.89. The first kappa shape index (κ1) is 20.9. The van der Waals surface area contributed by atoms with Crippen molar-refractivity contribution in [2.24, 2.45) is 12.0 Å². The molecule has 0 radical (unpaired) electrons. The smallest absolute Gasteiger partial charge is 0.194 e. The van der Waals surface area contributed by atoms with Gasteiger partial charge in [-0.2, -0.15) is 5.10 Å². The average molecular weight is 480 g/mol. The Bertz CT molecular complexity index is 855. The van der Waals surface area contributed by atoms with Crippen LogP contribution < -0.4 is 5.32 Å². The van der Waals surface area contributed by atoms with Crippen molar-refractivity contribution in [3.05, 3.63) is 66.3 Å². The number of hydrogen-bond donors (Lipinski definition) is 1. The minimum Gasteiger partial charge on any atom is -0.349 e. The van der Waals surface area contributed by atoms with E-state index in [1.54, 1.807) is 18.1 Å². The van der Waals surface area contributed by atoms with Crippen LogP contribution in [0.3, 0.4) is 0 Å². The Morgan fingerprint density at radius 1 is 1.19 bits per heavy atom. The molecule has 144 valence electrons. The molecule has 1 aromatic carbocycles. The zero-order valence-corrected chi connectivity index (χ0v) is 18.1. The average Bonchev–Trinajstić information content (AvgIpc) is 3.26. The number of nitrogens with zero attached hydrogens (tertiary/aromatic N) is 7. The first-order valence-electron chi connectivity index (χ1n) is 8.46. The minimum absolute atomic E-state index is 0. The summed E-state index contributed by atoms with van der Waals surface area (Å²) >= 11 is 0. The Labute approximate surface area is 176 Å². The summed E-state index contributed by atoms with van der Waals surface area (Å²) in [6.45, 7) is 2.01. The molecule has 0 bridgehead atoms. The molecule has 9 heteroatoms. The van der Waals surface area contributed by atoms with E-state index in [1.165, 1.54) is 5.56 Å². The molecular formula is C18H25IN8. The molecule has 27 heavy (non-hydrogen) atoms. The van der Waals surface area contributed by atoms with Crippen molar-refractivity contribution in [1.82, 2.24) is 34.5 Å². The molecule has 3 rings (SSSR count). The van der Waals surface area contributed by atoms with E-state index in [0.29, 0.717) is 13.1 Å². The fraction of sp³-hybridized carbons (Fsp3) is 0.333. The lowest BCUT2D eigenvalue weighted by atomic mass is 10.2. The predicted molar refractivity (Wildman–Crippen MR) is 116 cm³/mol. The third-order valence-corrected chi connectivity index (χ3v) is 4.16. The number of aliphatic imine (C=N–C) groups is 1. The van der Waals surface area contributed by atoms with E-state index < -0.39 is 0 Å². The van der Waals surface area contributed by atoms with Crippen molar-refractivity contribution < 1.29 is 0 Å². The van der Waals surface area contributed by atoms with Crippen molar-refractivity contribution in [3.63, 3.8) is 0 Å². The lowest BCUT2D eigenvalue weighted by Crippen LogP contribution is -2.39. The van der Waals surface area contributed by atoms with E-state index in [2.05, 4.69) is 42.1 Å². The number of guanidine groups is 1. The van der Waals surface area contributed by atoms with Crippen LogP contribution >= 0.6 is 24.0 Å². The molecule has 0 amide bonds. The van der Waals surface area contributed by atoms with Crippen molar-refractivity contribution in [1.29, 1.82) is 0 Å². The quantitative estimate of drug-likeness (QED) is 0.332. The highest BCUT2D eigenvalue weighted by molar-refractivity contribution is 14.0. The van der Waals surface area contributed by atoms with E-state index in [1.807, 2.05) is 49.6 Å². The van der Waals surface area contributed by atoms with Crippen LogP contribution in [0, 0.1) is 0 Å². The molecule has 0 atom stereocenters. The molecule has 0 aliphatic rings. The van der Waals surface area contributed by atoms with Gasteiger partial charge in [-0.1, -0.05) is 30.3 Å². The van der Waals surface area contributed by atoms with Crippen LogP contribution in [0.4, 0.5) is 0 Å². The van der Waals surface area contributed by atoms with Crippen molar-refractivity contribution >= 4 is 29.9 Å². The first-order valence-corrected chi connectivity index (χ1v) is 8.46. The number of nitrogens with one attached hydrogen (secondary N) is 1. The number of benzene rings is 1. The summed E-state index contributed by atoms with van der Waals surface area (Å²) in [7, 11) is 5.62. The van der Waals surface area contributed by atoms with Gasteiger partial charge >= 0.3 is 0 Å². The molecule has 2 heterocycles. The summed E-state index contributed by atoms with van der Waals surface area (Å²) < 4.78 is 3.90. The molecule has 0 fully saturated rings. The zero-order valence-electron chi connectivity index (χ0n) is 15.8. The Morgan fingerprint density at radius 2 is 1.96 bits per heavy atom. The maximum atomic E-state index is 4.47. The molecule has 3 aromatic rings. The molecular weight excluding hydrogens is 455 g/mol. The molecule has 0 saturated carbocycles. The Kier molecular flexibility index (Phi) is 7.77. The highest BCUT2D eigenvalue weighted by atomic mass is 127. The van der Waals surface area contributed by atoms with Crippen LogP contribution in [0.5, 0.6) is 0 Å². The maximum Gasteiger partial charge on any atom is 0.194 e. The van der Waals surface area contributed by atoms with Crippen LogP contribution in [0.15, 0.2) is 54.0 Å². The number of hydrogen-bond acceptors (Lipinski definition) is 4. The number of imidazole rings is 1. The first-order chi connectivity index (χ1) is 12.7. The van der Waals surface area contributed by atoms with Crippen LogP contribution in [0.2, 0.25) is 0 Å². The van der Waals surface area contributed by atoms with Gasteiger partial charge in [0.25, 0.3) is 0 Å². The van der Waals surface area contributed by atoms with Crippen LogP contribution in [-0.2, 0) is 26.7 Å². The summed E-state index contributed by atoms with van der Waals surface area (Å²) in [4.78, 5) is 15.1. The molecule has 0 spiro atoms.